The molecule has 0 amide bonds. The van der Waals surface area contributed by atoms with Gasteiger partial charge in [0.1, 0.15) is 5.75 Å². The van der Waals surface area contributed by atoms with Crippen molar-refractivity contribution in [3.8, 4) is 5.75 Å². The van der Waals surface area contributed by atoms with Crippen LogP contribution in [0, 0.1) is 3.57 Å². The van der Waals surface area contributed by atoms with Gasteiger partial charge in [0, 0.05) is 11.3 Å². The van der Waals surface area contributed by atoms with Gasteiger partial charge in [-0.05, 0) is 55.2 Å². The summed E-state index contributed by atoms with van der Waals surface area (Å²) < 4.78 is 11.3. The second-order valence-electron chi connectivity index (χ2n) is 4.16. The number of nitrogens with zero attached hydrogens (tertiary/aromatic N) is 1. The molecular weight excluding hydrogens is 345 g/mol. The van der Waals surface area contributed by atoms with Gasteiger partial charge in [-0.1, -0.05) is 0 Å². The van der Waals surface area contributed by atoms with Crippen LogP contribution in [0.1, 0.15) is 41.5 Å². The first kappa shape index (κ1) is 13.6. The summed E-state index contributed by atoms with van der Waals surface area (Å²) in [5, 5.41) is 0. The molecular formula is C13H16INO3. The van der Waals surface area contributed by atoms with E-state index in [9.17, 15) is 4.79 Å². The molecule has 0 saturated carbocycles. The first-order valence-electron chi connectivity index (χ1n) is 6.11. The fraction of sp³-hybridized carbons (Fsp3) is 0.538. The predicted molar refractivity (Wildman–Crippen MR) is 76.1 cm³/mol. The fourth-order valence-electron chi connectivity index (χ4n) is 2.21. The molecule has 2 rings (SSSR count). The molecule has 0 N–H and O–H groups in total. The second kappa shape index (κ2) is 5.86. The predicted octanol–water partition coefficient (Wildman–Crippen LogP) is 2.75. The fourth-order valence-corrected chi connectivity index (χ4v) is 3.03. The summed E-state index contributed by atoms with van der Waals surface area (Å²) in [6, 6.07) is 0. The number of rotatable bonds is 3. The van der Waals surface area contributed by atoms with Gasteiger partial charge in [0.2, 0.25) is 0 Å². The van der Waals surface area contributed by atoms with Crippen LogP contribution in [-0.2, 0) is 17.6 Å². The molecule has 1 aromatic rings. The molecule has 98 valence electrons. The molecule has 0 unspecified atom stereocenters. The first-order valence-corrected chi connectivity index (χ1v) is 7.19. The van der Waals surface area contributed by atoms with Gasteiger partial charge >= 0.3 is 5.97 Å². The number of methoxy groups -OCH3 is 1. The second-order valence-corrected chi connectivity index (χ2v) is 5.24. The van der Waals surface area contributed by atoms with Gasteiger partial charge in [0.25, 0.3) is 0 Å². The van der Waals surface area contributed by atoms with Gasteiger partial charge < -0.3 is 9.47 Å². The zero-order valence-corrected chi connectivity index (χ0v) is 12.7. The summed E-state index contributed by atoms with van der Waals surface area (Å²) in [6.45, 7) is 2.54. The highest BCUT2D eigenvalue weighted by Crippen LogP contribution is 2.34. The van der Waals surface area contributed by atoms with Crippen LogP contribution in [0.3, 0.4) is 0 Å². The van der Waals surface area contributed by atoms with Crippen LogP contribution >= 0.6 is 22.6 Å². The van der Waals surface area contributed by atoms with E-state index in [1.54, 1.807) is 0 Å². The summed E-state index contributed by atoms with van der Waals surface area (Å²) in [5.74, 6) is 0.428. The van der Waals surface area contributed by atoms with E-state index in [1.165, 1.54) is 12.7 Å². The molecule has 1 aliphatic rings. The number of aromatic nitrogens is 1. The smallest absolute Gasteiger partial charge is 0.357 e. The van der Waals surface area contributed by atoms with Gasteiger partial charge in [0.05, 0.1) is 17.3 Å². The topological polar surface area (TPSA) is 48.4 Å². The molecule has 0 aromatic carbocycles. The molecule has 0 aliphatic heterocycles. The van der Waals surface area contributed by atoms with E-state index in [1.807, 2.05) is 6.92 Å². The van der Waals surface area contributed by atoms with Crippen LogP contribution in [0.5, 0.6) is 5.75 Å². The highest BCUT2D eigenvalue weighted by Gasteiger charge is 2.25. The van der Waals surface area contributed by atoms with Crippen LogP contribution < -0.4 is 4.74 Å². The molecule has 1 heterocycles. The SMILES string of the molecule is CCOc1c(I)c(C(=O)OC)nc2c1CCCC2. The quantitative estimate of drug-likeness (QED) is 0.614. The number of hydrogen-bond acceptors (Lipinski definition) is 4. The molecule has 0 radical (unpaired) electrons. The van der Waals surface area contributed by atoms with E-state index in [4.69, 9.17) is 9.47 Å². The van der Waals surface area contributed by atoms with Gasteiger partial charge in [-0.25, -0.2) is 9.78 Å². The number of hydrogen-bond donors (Lipinski definition) is 0. The molecule has 4 nitrogen and oxygen atoms in total. The van der Waals surface area contributed by atoms with Crippen molar-refractivity contribution in [2.75, 3.05) is 13.7 Å². The van der Waals surface area contributed by atoms with Crippen LogP contribution in [0.2, 0.25) is 0 Å². The van der Waals surface area contributed by atoms with Crippen molar-refractivity contribution in [1.29, 1.82) is 0 Å². The van der Waals surface area contributed by atoms with E-state index >= 15 is 0 Å². The lowest BCUT2D eigenvalue weighted by molar-refractivity contribution is 0.0591. The number of pyridine rings is 1. The van der Waals surface area contributed by atoms with Crippen LogP contribution in [0.4, 0.5) is 0 Å². The molecule has 0 bridgehead atoms. The monoisotopic (exact) mass is 361 g/mol. The molecule has 0 saturated heterocycles. The van der Waals surface area contributed by atoms with E-state index in [2.05, 4.69) is 27.6 Å². The number of fused-ring (bicyclic) bond motifs is 1. The van der Waals surface area contributed by atoms with E-state index in [-0.39, 0.29) is 0 Å². The zero-order chi connectivity index (χ0) is 13.1. The van der Waals surface area contributed by atoms with Crippen molar-refractivity contribution < 1.29 is 14.3 Å². The van der Waals surface area contributed by atoms with E-state index in [0.717, 1.165) is 40.7 Å². The average molecular weight is 361 g/mol. The van der Waals surface area contributed by atoms with Gasteiger partial charge in [-0.3, -0.25) is 0 Å². The van der Waals surface area contributed by atoms with E-state index < -0.39 is 5.97 Å². The lowest BCUT2D eigenvalue weighted by Gasteiger charge is -2.21. The van der Waals surface area contributed by atoms with Crippen molar-refractivity contribution in [3.05, 3.63) is 20.5 Å². The number of carbonyl (C=O) groups excluding carboxylic acids is 1. The third-order valence-electron chi connectivity index (χ3n) is 3.03. The van der Waals surface area contributed by atoms with Crippen molar-refractivity contribution in [2.45, 2.75) is 32.6 Å². The van der Waals surface area contributed by atoms with Crippen molar-refractivity contribution in [2.24, 2.45) is 0 Å². The van der Waals surface area contributed by atoms with Crippen LogP contribution in [0.15, 0.2) is 0 Å². The normalized spacial score (nSPS) is 13.9. The highest BCUT2D eigenvalue weighted by molar-refractivity contribution is 14.1. The Morgan fingerprint density at radius 1 is 1.39 bits per heavy atom. The Morgan fingerprint density at radius 2 is 2.11 bits per heavy atom. The third-order valence-corrected chi connectivity index (χ3v) is 4.04. The number of aryl methyl sites for hydroxylation is 1. The minimum Gasteiger partial charge on any atom is -0.492 e. The summed E-state index contributed by atoms with van der Waals surface area (Å²) in [6.07, 6.45) is 4.17. The molecule has 1 aliphatic carbocycles. The summed E-state index contributed by atoms with van der Waals surface area (Å²) in [4.78, 5) is 16.2. The Morgan fingerprint density at radius 3 is 2.78 bits per heavy atom. The summed E-state index contributed by atoms with van der Waals surface area (Å²) in [5.41, 5.74) is 2.54. The molecule has 5 heteroatoms. The van der Waals surface area contributed by atoms with Crippen molar-refractivity contribution in [3.63, 3.8) is 0 Å². The average Bonchev–Trinajstić information content (AvgIpc) is 2.41. The molecule has 0 fully saturated rings. The number of ether oxygens (including phenoxy) is 2. The maximum atomic E-state index is 11.7. The van der Waals surface area contributed by atoms with Gasteiger partial charge in [-0.15, -0.1) is 0 Å². The Bertz CT molecular complexity index is 474. The Kier molecular flexibility index (Phi) is 4.42. The standard InChI is InChI=1S/C13H16INO3/c1-3-18-12-8-6-4-5-7-9(8)15-11(10(12)14)13(16)17-2/h3-7H2,1-2H3. The maximum Gasteiger partial charge on any atom is 0.357 e. The molecule has 18 heavy (non-hydrogen) atoms. The largest absolute Gasteiger partial charge is 0.492 e. The molecule has 1 aromatic heterocycles. The molecule has 0 spiro atoms. The number of halogens is 1. The van der Waals surface area contributed by atoms with Crippen LogP contribution in [0.25, 0.3) is 0 Å². The van der Waals surface area contributed by atoms with Crippen molar-refractivity contribution >= 4 is 28.6 Å². The summed E-state index contributed by atoms with van der Waals surface area (Å²) >= 11 is 2.12. The number of carbonyl (C=O) groups is 1. The van der Waals surface area contributed by atoms with Gasteiger partial charge in [-0.2, -0.15) is 0 Å². The highest BCUT2D eigenvalue weighted by atomic mass is 127. The van der Waals surface area contributed by atoms with Crippen molar-refractivity contribution in [1.82, 2.24) is 4.98 Å². The lowest BCUT2D eigenvalue weighted by Crippen LogP contribution is -2.16. The molecule has 0 atom stereocenters. The Hall–Kier alpha value is -0.850. The van der Waals surface area contributed by atoms with Crippen LogP contribution in [-0.4, -0.2) is 24.7 Å². The third kappa shape index (κ3) is 2.46. The Balaban J connectivity index is 2.57. The lowest BCUT2D eigenvalue weighted by atomic mass is 9.95. The van der Waals surface area contributed by atoms with Gasteiger partial charge in [0.15, 0.2) is 5.69 Å². The zero-order valence-electron chi connectivity index (χ0n) is 10.6. The minimum atomic E-state index is -0.395. The minimum absolute atomic E-state index is 0.377. The Labute approximate surface area is 120 Å². The summed E-state index contributed by atoms with van der Waals surface area (Å²) in [7, 11) is 1.37. The maximum absolute atomic E-state index is 11.7. The number of esters is 1. The first-order chi connectivity index (χ1) is 8.69. The van der Waals surface area contributed by atoms with E-state index in [0.29, 0.717) is 12.3 Å².